The fraction of sp³-hybridized carbons (Fsp3) is 0.280. The SMILES string of the molecule is Cc1ccc(C(=O)Nc2cc(N3CCCC3)cc(C(F)(F)F)c2)cc1-n1cc(-c2cn[nH]c2C)nn1. The van der Waals surface area contributed by atoms with Crippen molar-refractivity contribution in [3.05, 3.63) is 71.2 Å². The molecule has 186 valence electrons. The van der Waals surface area contributed by atoms with E-state index in [1.165, 1.54) is 0 Å². The first kappa shape index (κ1) is 23.6. The summed E-state index contributed by atoms with van der Waals surface area (Å²) in [6.45, 7) is 5.12. The van der Waals surface area contributed by atoms with Crippen molar-refractivity contribution in [3.8, 4) is 16.9 Å². The maximum absolute atomic E-state index is 13.6. The Morgan fingerprint density at radius 2 is 1.86 bits per heavy atom. The van der Waals surface area contributed by atoms with E-state index in [1.807, 2.05) is 18.7 Å². The van der Waals surface area contributed by atoms with Crippen molar-refractivity contribution in [1.82, 2.24) is 25.2 Å². The Kier molecular flexibility index (Phi) is 5.99. The minimum atomic E-state index is -4.52. The minimum Gasteiger partial charge on any atom is -0.371 e. The fourth-order valence-electron chi connectivity index (χ4n) is 4.32. The molecule has 5 rings (SSSR count). The number of amides is 1. The number of halogens is 3. The summed E-state index contributed by atoms with van der Waals surface area (Å²) in [7, 11) is 0. The Labute approximate surface area is 205 Å². The number of aromatic amines is 1. The van der Waals surface area contributed by atoms with Crippen LogP contribution < -0.4 is 10.2 Å². The minimum absolute atomic E-state index is 0.0947. The molecule has 2 aromatic carbocycles. The van der Waals surface area contributed by atoms with Crippen molar-refractivity contribution in [2.24, 2.45) is 0 Å². The van der Waals surface area contributed by atoms with Gasteiger partial charge in [0.05, 0.1) is 23.6 Å². The topological polar surface area (TPSA) is 91.7 Å². The van der Waals surface area contributed by atoms with Crippen molar-refractivity contribution in [1.29, 1.82) is 0 Å². The second kappa shape index (κ2) is 9.14. The van der Waals surface area contributed by atoms with E-state index >= 15 is 0 Å². The number of nitrogens with one attached hydrogen (secondary N) is 2. The molecule has 0 saturated carbocycles. The summed E-state index contributed by atoms with van der Waals surface area (Å²) in [4.78, 5) is 15.0. The van der Waals surface area contributed by atoms with Gasteiger partial charge in [0.15, 0.2) is 0 Å². The smallest absolute Gasteiger partial charge is 0.371 e. The zero-order valence-electron chi connectivity index (χ0n) is 19.7. The van der Waals surface area contributed by atoms with Gasteiger partial charge in [0, 0.05) is 41.3 Å². The third-order valence-corrected chi connectivity index (χ3v) is 6.29. The van der Waals surface area contributed by atoms with Gasteiger partial charge in [0.1, 0.15) is 5.69 Å². The first-order chi connectivity index (χ1) is 17.2. The molecule has 8 nitrogen and oxygen atoms in total. The molecule has 0 aliphatic carbocycles. The monoisotopic (exact) mass is 495 g/mol. The molecule has 36 heavy (non-hydrogen) atoms. The Bertz CT molecular complexity index is 1420. The number of anilines is 2. The van der Waals surface area contributed by atoms with Gasteiger partial charge in [-0.05, 0) is 62.6 Å². The van der Waals surface area contributed by atoms with E-state index < -0.39 is 17.6 Å². The van der Waals surface area contributed by atoms with Crippen molar-refractivity contribution >= 4 is 17.3 Å². The van der Waals surface area contributed by atoms with Crippen LogP contribution in [-0.4, -0.2) is 44.2 Å². The number of nitrogens with zero attached hydrogens (tertiary/aromatic N) is 5. The van der Waals surface area contributed by atoms with Gasteiger partial charge < -0.3 is 10.2 Å². The van der Waals surface area contributed by atoms with E-state index in [1.54, 1.807) is 41.3 Å². The van der Waals surface area contributed by atoms with Crippen LogP contribution in [0.25, 0.3) is 16.9 Å². The van der Waals surface area contributed by atoms with E-state index in [2.05, 4.69) is 25.8 Å². The normalized spacial score (nSPS) is 13.9. The summed E-state index contributed by atoms with van der Waals surface area (Å²) >= 11 is 0. The van der Waals surface area contributed by atoms with E-state index in [0.717, 1.165) is 41.8 Å². The number of rotatable bonds is 5. The van der Waals surface area contributed by atoms with E-state index in [-0.39, 0.29) is 11.3 Å². The zero-order valence-corrected chi connectivity index (χ0v) is 19.7. The van der Waals surface area contributed by atoms with Crippen LogP contribution in [0.15, 0.2) is 48.8 Å². The summed E-state index contributed by atoms with van der Waals surface area (Å²) in [5, 5.41) is 17.9. The molecule has 4 aromatic rings. The van der Waals surface area contributed by atoms with E-state index in [9.17, 15) is 18.0 Å². The number of benzene rings is 2. The molecule has 11 heteroatoms. The van der Waals surface area contributed by atoms with Crippen LogP contribution in [0.2, 0.25) is 0 Å². The summed E-state index contributed by atoms with van der Waals surface area (Å²) in [5.41, 5.74) is 3.79. The molecule has 3 heterocycles. The Morgan fingerprint density at radius 1 is 1.08 bits per heavy atom. The molecule has 0 spiro atoms. The molecule has 2 N–H and O–H groups in total. The lowest BCUT2D eigenvalue weighted by molar-refractivity contribution is -0.137. The maximum Gasteiger partial charge on any atom is 0.416 e. The number of hydrogen-bond donors (Lipinski definition) is 2. The number of hydrogen-bond acceptors (Lipinski definition) is 5. The molecule has 0 radical (unpaired) electrons. The molecule has 1 aliphatic rings. The van der Waals surface area contributed by atoms with E-state index in [0.29, 0.717) is 30.2 Å². The highest BCUT2D eigenvalue weighted by Crippen LogP contribution is 2.35. The van der Waals surface area contributed by atoms with Gasteiger partial charge in [0.25, 0.3) is 5.91 Å². The Hall–Kier alpha value is -4.15. The fourth-order valence-corrected chi connectivity index (χ4v) is 4.32. The first-order valence-corrected chi connectivity index (χ1v) is 11.5. The summed E-state index contributed by atoms with van der Waals surface area (Å²) in [6.07, 6.45) is 0.718. The second-order valence-corrected chi connectivity index (χ2v) is 8.87. The summed E-state index contributed by atoms with van der Waals surface area (Å²) < 4.78 is 42.2. The number of carbonyl (C=O) groups is 1. The molecule has 0 unspecified atom stereocenters. The summed E-state index contributed by atoms with van der Waals surface area (Å²) in [6, 6.07) is 8.71. The van der Waals surface area contributed by atoms with Crippen LogP contribution in [0, 0.1) is 13.8 Å². The molecule has 1 fully saturated rings. The van der Waals surface area contributed by atoms with Gasteiger partial charge in [0.2, 0.25) is 0 Å². The highest BCUT2D eigenvalue weighted by atomic mass is 19.4. The molecule has 1 aliphatic heterocycles. The van der Waals surface area contributed by atoms with Crippen LogP contribution >= 0.6 is 0 Å². The average molecular weight is 496 g/mol. The van der Waals surface area contributed by atoms with Crippen LogP contribution in [-0.2, 0) is 6.18 Å². The van der Waals surface area contributed by atoms with Crippen LogP contribution in [0.1, 0.15) is 40.0 Å². The highest BCUT2D eigenvalue weighted by molar-refractivity contribution is 6.05. The molecular weight excluding hydrogens is 471 g/mol. The average Bonchev–Trinajstić information content (AvgIpc) is 3.60. The third-order valence-electron chi connectivity index (χ3n) is 6.29. The standard InChI is InChI=1S/C25H24F3N7O/c1-15-5-6-17(9-23(15)35-14-22(32-33-35)21-13-29-31-16(21)2)24(36)30-19-10-18(25(26,27)28)11-20(12-19)34-7-3-4-8-34/h5-6,9-14H,3-4,7-8H2,1-2H3,(H,29,31)(H,30,36). The number of aryl methyl sites for hydroxylation is 2. The molecule has 0 bridgehead atoms. The number of alkyl halides is 3. The van der Waals surface area contributed by atoms with Crippen LogP contribution in [0.4, 0.5) is 24.5 Å². The van der Waals surface area contributed by atoms with Crippen molar-refractivity contribution in [2.75, 3.05) is 23.3 Å². The number of carbonyl (C=O) groups excluding carboxylic acids is 1. The number of H-pyrrole nitrogens is 1. The van der Waals surface area contributed by atoms with E-state index in [4.69, 9.17) is 0 Å². The highest BCUT2D eigenvalue weighted by Gasteiger charge is 2.32. The van der Waals surface area contributed by atoms with Gasteiger partial charge in [-0.1, -0.05) is 11.3 Å². The predicted molar refractivity (Wildman–Crippen MR) is 129 cm³/mol. The van der Waals surface area contributed by atoms with Crippen LogP contribution in [0.5, 0.6) is 0 Å². The second-order valence-electron chi connectivity index (χ2n) is 8.87. The zero-order chi connectivity index (χ0) is 25.4. The van der Waals surface area contributed by atoms with Crippen molar-refractivity contribution in [3.63, 3.8) is 0 Å². The quantitative estimate of drug-likeness (QED) is 0.400. The van der Waals surface area contributed by atoms with Gasteiger partial charge in [-0.15, -0.1) is 5.10 Å². The Balaban J connectivity index is 1.43. The van der Waals surface area contributed by atoms with Gasteiger partial charge in [-0.25, -0.2) is 4.68 Å². The summed E-state index contributed by atoms with van der Waals surface area (Å²) in [5.74, 6) is -0.519. The predicted octanol–water partition coefficient (Wildman–Crippen LogP) is 5.15. The van der Waals surface area contributed by atoms with Gasteiger partial charge in [-0.2, -0.15) is 18.3 Å². The molecule has 1 saturated heterocycles. The van der Waals surface area contributed by atoms with Crippen molar-refractivity contribution < 1.29 is 18.0 Å². The maximum atomic E-state index is 13.6. The van der Waals surface area contributed by atoms with Crippen LogP contribution in [0.3, 0.4) is 0 Å². The first-order valence-electron chi connectivity index (χ1n) is 11.5. The molecule has 0 atom stereocenters. The van der Waals surface area contributed by atoms with Crippen molar-refractivity contribution in [2.45, 2.75) is 32.9 Å². The third kappa shape index (κ3) is 4.68. The lowest BCUT2D eigenvalue weighted by Crippen LogP contribution is -2.20. The van der Waals surface area contributed by atoms with Gasteiger partial charge in [-0.3, -0.25) is 9.89 Å². The largest absolute Gasteiger partial charge is 0.416 e. The number of aromatic nitrogens is 5. The molecule has 2 aromatic heterocycles. The Morgan fingerprint density at radius 3 is 2.56 bits per heavy atom. The lowest BCUT2D eigenvalue weighted by Gasteiger charge is -2.21. The molecule has 1 amide bonds. The molecular formula is C25H24F3N7O. The lowest BCUT2D eigenvalue weighted by atomic mass is 10.1. The van der Waals surface area contributed by atoms with Gasteiger partial charge >= 0.3 is 6.18 Å².